The maximum atomic E-state index is 9.74. The zero-order chi connectivity index (χ0) is 10.0. The highest BCUT2D eigenvalue weighted by molar-refractivity contribution is 5.86. The molecule has 0 heterocycles. The molecule has 0 saturated carbocycles. The lowest BCUT2D eigenvalue weighted by molar-refractivity contribution is 0.469. The van der Waals surface area contributed by atoms with E-state index in [1.54, 1.807) is 13.3 Å². The number of rotatable bonds is 1. The quantitative estimate of drug-likeness (QED) is 0.656. The van der Waals surface area contributed by atoms with E-state index in [1.807, 2.05) is 26.8 Å². The Hall–Kier alpha value is -1.31. The monoisotopic (exact) mass is 177 g/mol. The van der Waals surface area contributed by atoms with Crippen molar-refractivity contribution in [3.63, 3.8) is 0 Å². The Morgan fingerprint density at radius 3 is 2.38 bits per heavy atom. The molecule has 0 atom stereocenters. The molecule has 0 amide bonds. The number of aromatic hydroxyl groups is 1. The third-order valence-electron chi connectivity index (χ3n) is 2.32. The standard InChI is InChI=1S/C11H15NO/c1-7-5-8(2)11(13)10(6-12-4)9(7)3/h5-6,13H,1-4H3. The second-order valence-corrected chi connectivity index (χ2v) is 3.28. The van der Waals surface area contributed by atoms with E-state index < -0.39 is 0 Å². The lowest BCUT2D eigenvalue weighted by Gasteiger charge is -2.09. The van der Waals surface area contributed by atoms with Crippen LogP contribution in [-0.4, -0.2) is 18.4 Å². The summed E-state index contributed by atoms with van der Waals surface area (Å²) in [7, 11) is 1.70. The van der Waals surface area contributed by atoms with E-state index in [4.69, 9.17) is 0 Å². The topological polar surface area (TPSA) is 32.6 Å². The molecule has 0 unspecified atom stereocenters. The minimum absolute atomic E-state index is 0.341. The average Bonchev–Trinajstić information content (AvgIpc) is 2.09. The number of hydrogen-bond donors (Lipinski definition) is 1. The first-order chi connectivity index (χ1) is 6.07. The Morgan fingerprint density at radius 2 is 1.85 bits per heavy atom. The fraction of sp³-hybridized carbons (Fsp3) is 0.364. The number of hydrogen-bond acceptors (Lipinski definition) is 2. The van der Waals surface area contributed by atoms with Crippen LogP contribution in [0.5, 0.6) is 5.75 Å². The third-order valence-corrected chi connectivity index (χ3v) is 2.32. The zero-order valence-electron chi connectivity index (χ0n) is 8.55. The largest absolute Gasteiger partial charge is 0.507 e. The molecule has 0 aliphatic carbocycles. The van der Waals surface area contributed by atoms with Gasteiger partial charge in [0.15, 0.2) is 0 Å². The van der Waals surface area contributed by atoms with Crippen LogP contribution >= 0.6 is 0 Å². The highest BCUT2D eigenvalue weighted by Gasteiger charge is 2.07. The van der Waals surface area contributed by atoms with E-state index in [-0.39, 0.29) is 0 Å². The summed E-state index contributed by atoms with van der Waals surface area (Å²) < 4.78 is 0. The molecule has 2 heteroatoms. The molecule has 0 spiro atoms. The molecular formula is C11H15NO. The van der Waals surface area contributed by atoms with Crippen LogP contribution in [0.15, 0.2) is 11.1 Å². The number of phenolic OH excluding ortho intramolecular Hbond substituents is 1. The Labute approximate surface area is 78.9 Å². The van der Waals surface area contributed by atoms with E-state index in [0.29, 0.717) is 5.75 Å². The van der Waals surface area contributed by atoms with Crippen LogP contribution in [0.1, 0.15) is 22.3 Å². The fourth-order valence-electron chi connectivity index (χ4n) is 1.39. The summed E-state index contributed by atoms with van der Waals surface area (Å²) in [6, 6.07) is 1.98. The van der Waals surface area contributed by atoms with Crippen LogP contribution in [0.2, 0.25) is 0 Å². The first-order valence-electron chi connectivity index (χ1n) is 4.30. The van der Waals surface area contributed by atoms with Crippen molar-refractivity contribution in [1.29, 1.82) is 0 Å². The van der Waals surface area contributed by atoms with Crippen molar-refractivity contribution in [2.45, 2.75) is 20.8 Å². The molecule has 0 aliphatic rings. The van der Waals surface area contributed by atoms with Gasteiger partial charge in [0.05, 0.1) is 0 Å². The first-order valence-corrected chi connectivity index (χ1v) is 4.30. The van der Waals surface area contributed by atoms with E-state index >= 15 is 0 Å². The summed E-state index contributed by atoms with van der Waals surface area (Å²) in [6.45, 7) is 5.93. The molecule has 0 aliphatic heterocycles. The lowest BCUT2D eigenvalue weighted by Crippen LogP contribution is -1.94. The molecule has 1 N–H and O–H groups in total. The number of aryl methyl sites for hydroxylation is 2. The third kappa shape index (κ3) is 1.72. The van der Waals surface area contributed by atoms with Crippen molar-refractivity contribution >= 4 is 6.21 Å². The van der Waals surface area contributed by atoms with Crippen LogP contribution in [0, 0.1) is 20.8 Å². The van der Waals surface area contributed by atoms with Gasteiger partial charge in [-0.15, -0.1) is 0 Å². The van der Waals surface area contributed by atoms with Gasteiger partial charge < -0.3 is 5.11 Å². The van der Waals surface area contributed by atoms with Crippen molar-refractivity contribution in [3.05, 3.63) is 28.3 Å². The number of nitrogens with zero attached hydrogens (tertiary/aromatic N) is 1. The molecule has 70 valence electrons. The highest BCUT2D eigenvalue weighted by atomic mass is 16.3. The number of phenols is 1. The van der Waals surface area contributed by atoms with E-state index in [9.17, 15) is 5.11 Å². The second-order valence-electron chi connectivity index (χ2n) is 3.28. The molecule has 0 radical (unpaired) electrons. The van der Waals surface area contributed by atoms with Crippen molar-refractivity contribution in [1.82, 2.24) is 0 Å². The maximum absolute atomic E-state index is 9.74. The molecule has 1 aromatic rings. The highest BCUT2D eigenvalue weighted by Crippen LogP contribution is 2.26. The lowest BCUT2D eigenvalue weighted by atomic mass is 9.99. The van der Waals surface area contributed by atoms with Crippen molar-refractivity contribution < 1.29 is 5.11 Å². The minimum Gasteiger partial charge on any atom is -0.507 e. The molecule has 0 bridgehead atoms. The van der Waals surface area contributed by atoms with Crippen LogP contribution < -0.4 is 0 Å². The van der Waals surface area contributed by atoms with Gasteiger partial charge >= 0.3 is 0 Å². The number of aliphatic imine (C=N–C) groups is 1. The molecule has 13 heavy (non-hydrogen) atoms. The van der Waals surface area contributed by atoms with Gasteiger partial charge in [-0.3, -0.25) is 4.99 Å². The van der Waals surface area contributed by atoms with E-state index in [1.165, 1.54) is 5.56 Å². The van der Waals surface area contributed by atoms with Gasteiger partial charge in [-0.1, -0.05) is 6.07 Å². The summed E-state index contributed by atoms with van der Waals surface area (Å²) >= 11 is 0. The molecule has 0 saturated heterocycles. The van der Waals surface area contributed by atoms with Gasteiger partial charge in [0, 0.05) is 18.8 Å². The van der Waals surface area contributed by atoms with E-state index in [2.05, 4.69) is 4.99 Å². The van der Waals surface area contributed by atoms with E-state index in [0.717, 1.165) is 16.7 Å². The van der Waals surface area contributed by atoms with Gasteiger partial charge in [0.2, 0.25) is 0 Å². The van der Waals surface area contributed by atoms with Crippen LogP contribution in [0.4, 0.5) is 0 Å². The maximum Gasteiger partial charge on any atom is 0.127 e. The molecule has 0 fully saturated rings. The Balaban J connectivity index is 3.46. The molecule has 1 aromatic carbocycles. The number of benzene rings is 1. The summed E-state index contributed by atoms with van der Waals surface area (Å²) in [6.07, 6.45) is 1.70. The predicted octanol–water partition coefficient (Wildman–Crippen LogP) is 2.37. The normalized spacial score (nSPS) is 11.1. The van der Waals surface area contributed by atoms with Gasteiger partial charge in [-0.05, 0) is 37.5 Å². The zero-order valence-corrected chi connectivity index (χ0v) is 8.55. The summed E-state index contributed by atoms with van der Waals surface area (Å²) in [5, 5.41) is 9.74. The Kier molecular flexibility index (Phi) is 2.71. The van der Waals surface area contributed by atoms with Gasteiger partial charge in [0.25, 0.3) is 0 Å². The van der Waals surface area contributed by atoms with Crippen LogP contribution in [-0.2, 0) is 0 Å². The minimum atomic E-state index is 0.341. The average molecular weight is 177 g/mol. The van der Waals surface area contributed by atoms with Crippen LogP contribution in [0.25, 0.3) is 0 Å². The summed E-state index contributed by atoms with van der Waals surface area (Å²) in [5.74, 6) is 0.341. The second kappa shape index (κ2) is 3.60. The predicted molar refractivity (Wildman–Crippen MR) is 55.8 cm³/mol. The van der Waals surface area contributed by atoms with Gasteiger partial charge in [0.1, 0.15) is 5.75 Å². The SMILES string of the molecule is CN=Cc1c(C)c(C)cc(C)c1O. The van der Waals surface area contributed by atoms with Crippen molar-refractivity contribution in [2.75, 3.05) is 7.05 Å². The summed E-state index contributed by atoms with van der Waals surface area (Å²) in [4.78, 5) is 3.92. The fourth-order valence-corrected chi connectivity index (χ4v) is 1.39. The van der Waals surface area contributed by atoms with Gasteiger partial charge in [-0.2, -0.15) is 0 Å². The summed E-state index contributed by atoms with van der Waals surface area (Å²) in [5.41, 5.74) is 4.01. The molecular weight excluding hydrogens is 162 g/mol. The molecule has 0 aromatic heterocycles. The first kappa shape index (κ1) is 9.78. The smallest absolute Gasteiger partial charge is 0.127 e. The molecule has 1 rings (SSSR count). The molecule has 2 nitrogen and oxygen atoms in total. The van der Waals surface area contributed by atoms with Crippen molar-refractivity contribution in [2.24, 2.45) is 4.99 Å². The Bertz CT molecular complexity index is 327. The van der Waals surface area contributed by atoms with Gasteiger partial charge in [-0.25, -0.2) is 0 Å². The van der Waals surface area contributed by atoms with Crippen LogP contribution in [0.3, 0.4) is 0 Å². The Morgan fingerprint density at radius 1 is 1.23 bits per heavy atom. The van der Waals surface area contributed by atoms with Crippen molar-refractivity contribution in [3.8, 4) is 5.75 Å².